The fraction of sp³-hybridized carbons (Fsp3) is 0.429. The zero-order chi connectivity index (χ0) is 31.0. The molecule has 0 bridgehead atoms. The number of thiazole rings is 1. The smallest absolute Gasteiger partial charge is 0.266 e. The Balaban J connectivity index is 0.899. The molecule has 6 rings (SSSR count). The van der Waals surface area contributed by atoms with Crippen LogP contribution in [0.5, 0.6) is 5.75 Å². The second-order valence-corrected chi connectivity index (χ2v) is 14.7. The minimum absolute atomic E-state index is 0.00839. The summed E-state index contributed by atoms with van der Waals surface area (Å²) in [5.41, 5.74) is 3.38. The zero-order valence-corrected chi connectivity index (χ0v) is 28.0. The number of anilines is 1. The van der Waals surface area contributed by atoms with Gasteiger partial charge in [-0.3, -0.25) is 19.4 Å². The first-order valence-corrected chi connectivity index (χ1v) is 18.1. The molecule has 3 aromatic rings. The summed E-state index contributed by atoms with van der Waals surface area (Å²) in [5, 5.41) is 3.71. The molecule has 0 radical (unpaired) electrons. The number of nitrogens with zero attached hydrogens (tertiary/aromatic N) is 3. The van der Waals surface area contributed by atoms with E-state index in [-0.39, 0.29) is 11.8 Å². The minimum atomic E-state index is -0.0413. The predicted octanol–water partition coefficient (Wildman–Crippen LogP) is 7.81. The van der Waals surface area contributed by atoms with Gasteiger partial charge in [0.1, 0.15) is 10.1 Å². The Hall–Kier alpha value is -3.05. The Morgan fingerprint density at radius 2 is 1.84 bits per heavy atom. The molecule has 1 N–H and O–H groups in total. The zero-order valence-electron chi connectivity index (χ0n) is 25.5. The summed E-state index contributed by atoms with van der Waals surface area (Å²) >= 11 is 8.47. The molecule has 2 amide bonds. The lowest BCUT2D eigenvalue weighted by Gasteiger charge is -2.25. The molecular formula is C35H40N4O3S3. The molecule has 10 heteroatoms. The standard InChI is InChI=1S/C35H40N4O3S3/c40-32(37-34-36-29-19-21-38(24-31(29)44-34)23-26-10-4-1-5-11-26)14-8-3-9-20-39-33(41)30(45-35(39)43)22-25-15-17-28(18-16-25)42-27-12-6-2-7-13-27/h1,4-5,10-11,15-18,22,27H,2-3,6-9,12-14,19-21,23-24H2,(H,36,37,40)/b30-22-. The van der Waals surface area contributed by atoms with Crippen LogP contribution in [0.25, 0.3) is 6.08 Å². The Bertz CT molecular complexity index is 1520. The van der Waals surface area contributed by atoms with Gasteiger partial charge in [-0.25, -0.2) is 4.98 Å². The number of unbranched alkanes of at least 4 members (excludes halogenated alkanes) is 2. The van der Waals surface area contributed by atoms with E-state index in [0.29, 0.717) is 33.4 Å². The third-order valence-corrected chi connectivity index (χ3v) is 10.9. The Morgan fingerprint density at radius 3 is 2.64 bits per heavy atom. The van der Waals surface area contributed by atoms with Gasteiger partial charge in [0.15, 0.2) is 5.13 Å². The molecular weight excluding hydrogens is 621 g/mol. The number of rotatable bonds is 12. The van der Waals surface area contributed by atoms with Crippen molar-refractivity contribution in [1.82, 2.24) is 14.8 Å². The van der Waals surface area contributed by atoms with Crippen LogP contribution in [0.2, 0.25) is 0 Å². The number of aromatic nitrogens is 1. The number of hydrogen-bond donors (Lipinski definition) is 1. The molecule has 236 valence electrons. The van der Waals surface area contributed by atoms with Crippen LogP contribution in [0.1, 0.15) is 79.5 Å². The van der Waals surface area contributed by atoms with Crippen LogP contribution in [-0.4, -0.2) is 50.1 Å². The number of thioether (sulfide) groups is 1. The first-order chi connectivity index (χ1) is 22.0. The summed E-state index contributed by atoms with van der Waals surface area (Å²) in [7, 11) is 0. The average Bonchev–Trinajstić information content (AvgIpc) is 3.57. The molecule has 2 aromatic carbocycles. The molecule has 0 atom stereocenters. The first-order valence-electron chi connectivity index (χ1n) is 16.1. The highest BCUT2D eigenvalue weighted by Crippen LogP contribution is 2.34. The molecule has 2 fully saturated rings. The van der Waals surface area contributed by atoms with Crippen molar-refractivity contribution in [2.45, 2.75) is 83.4 Å². The van der Waals surface area contributed by atoms with Crippen molar-refractivity contribution in [3.05, 3.63) is 81.2 Å². The lowest BCUT2D eigenvalue weighted by Crippen LogP contribution is -2.29. The molecule has 45 heavy (non-hydrogen) atoms. The van der Waals surface area contributed by atoms with E-state index < -0.39 is 0 Å². The largest absolute Gasteiger partial charge is 0.490 e. The number of hydrogen-bond acceptors (Lipinski definition) is 8. The maximum atomic E-state index is 13.1. The molecule has 1 aromatic heterocycles. The SMILES string of the molecule is O=C(CCCCCN1C(=O)/C(=C/c2ccc(OC3CCCCC3)cc2)SC1=S)Nc1nc2c(s1)CN(Cc1ccccc1)CC2. The lowest BCUT2D eigenvalue weighted by molar-refractivity contribution is -0.122. The fourth-order valence-electron chi connectivity index (χ4n) is 6.05. The van der Waals surface area contributed by atoms with Crippen molar-refractivity contribution >= 4 is 62.7 Å². The summed E-state index contributed by atoms with van der Waals surface area (Å²) in [4.78, 5) is 36.4. The van der Waals surface area contributed by atoms with E-state index in [9.17, 15) is 9.59 Å². The molecule has 2 aliphatic heterocycles. The van der Waals surface area contributed by atoms with E-state index in [4.69, 9.17) is 21.9 Å². The van der Waals surface area contributed by atoms with Crippen LogP contribution in [0.3, 0.4) is 0 Å². The molecule has 0 unspecified atom stereocenters. The summed E-state index contributed by atoms with van der Waals surface area (Å²) in [6, 6.07) is 18.5. The first kappa shape index (κ1) is 31.9. The van der Waals surface area contributed by atoms with E-state index in [1.807, 2.05) is 36.4 Å². The lowest BCUT2D eigenvalue weighted by atomic mass is 9.98. The van der Waals surface area contributed by atoms with Gasteiger partial charge in [0.2, 0.25) is 5.91 Å². The summed E-state index contributed by atoms with van der Waals surface area (Å²) in [6.45, 7) is 3.33. The van der Waals surface area contributed by atoms with E-state index in [0.717, 1.165) is 75.2 Å². The van der Waals surface area contributed by atoms with Crippen LogP contribution in [0, 0.1) is 0 Å². The summed E-state index contributed by atoms with van der Waals surface area (Å²) in [5.74, 6) is 0.836. The van der Waals surface area contributed by atoms with Crippen molar-refractivity contribution in [3.63, 3.8) is 0 Å². The fourth-order valence-corrected chi connectivity index (χ4v) is 8.43. The highest BCUT2D eigenvalue weighted by molar-refractivity contribution is 8.26. The third kappa shape index (κ3) is 8.82. The van der Waals surface area contributed by atoms with Gasteiger partial charge in [0, 0.05) is 43.9 Å². The van der Waals surface area contributed by atoms with Crippen LogP contribution in [0.4, 0.5) is 5.13 Å². The molecule has 1 aliphatic carbocycles. The van der Waals surface area contributed by atoms with Gasteiger partial charge in [-0.15, -0.1) is 11.3 Å². The number of benzene rings is 2. The van der Waals surface area contributed by atoms with Crippen LogP contribution in [0.15, 0.2) is 59.5 Å². The molecule has 1 saturated carbocycles. The van der Waals surface area contributed by atoms with Crippen LogP contribution in [-0.2, 0) is 29.1 Å². The van der Waals surface area contributed by atoms with Crippen molar-refractivity contribution in [2.24, 2.45) is 0 Å². The highest BCUT2D eigenvalue weighted by Gasteiger charge is 2.31. The second-order valence-electron chi connectivity index (χ2n) is 12.0. The van der Waals surface area contributed by atoms with E-state index in [1.54, 1.807) is 16.2 Å². The minimum Gasteiger partial charge on any atom is -0.490 e. The van der Waals surface area contributed by atoms with Gasteiger partial charge in [0.25, 0.3) is 5.91 Å². The molecule has 7 nitrogen and oxygen atoms in total. The van der Waals surface area contributed by atoms with E-state index >= 15 is 0 Å². The number of thiocarbonyl (C=S) groups is 1. The maximum absolute atomic E-state index is 13.1. The van der Waals surface area contributed by atoms with Gasteiger partial charge >= 0.3 is 0 Å². The summed E-state index contributed by atoms with van der Waals surface area (Å²) < 4.78 is 6.72. The molecule has 0 spiro atoms. The quantitative estimate of drug-likeness (QED) is 0.121. The van der Waals surface area contributed by atoms with Crippen molar-refractivity contribution in [3.8, 4) is 5.75 Å². The van der Waals surface area contributed by atoms with Gasteiger partial charge < -0.3 is 10.1 Å². The van der Waals surface area contributed by atoms with E-state index in [1.165, 1.54) is 41.5 Å². The van der Waals surface area contributed by atoms with Crippen LogP contribution < -0.4 is 10.1 Å². The number of amides is 2. The maximum Gasteiger partial charge on any atom is 0.266 e. The predicted molar refractivity (Wildman–Crippen MR) is 187 cm³/mol. The number of fused-ring (bicyclic) bond motifs is 1. The van der Waals surface area contributed by atoms with Gasteiger partial charge in [-0.2, -0.15) is 0 Å². The van der Waals surface area contributed by atoms with Gasteiger partial charge in [0.05, 0.1) is 16.7 Å². The number of ether oxygens (including phenoxy) is 1. The topological polar surface area (TPSA) is 74.8 Å². The second kappa shape index (κ2) is 15.5. The molecule has 1 saturated heterocycles. The van der Waals surface area contributed by atoms with Crippen molar-refractivity contribution in [1.29, 1.82) is 0 Å². The van der Waals surface area contributed by atoms with Gasteiger partial charge in [-0.1, -0.05) is 79.3 Å². The van der Waals surface area contributed by atoms with Crippen LogP contribution >= 0.6 is 35.3 Å². The normalized spacial score (nSPS) is 18.4. The number of carbonyl (C=O) groups excluding carboxylic acids is 2. The van der Waals surface area contributed by atoms with Gasteiger partial charge in [-0.05, 0) is 67.9 Å². The monoisotopic (exact) mass is 660 g/mol. The highest BCUT2D eigenvalue weighted by atomic mass is 32.2. The molecule has 3 aliphatic rings. The number of nitrogens with one attached hydrogen (secondary N) is 1. The summed E-state index contributed by atoms with van der Waals surface area (Å²) in [6.07, 6.45) is 12.0. The number of carbonyl (C=O) groups is 2. The molecule has 3 heterocycles. The van der Waals surface area contributed by atoms with Crippen molar-refractivity contribution in [2.75, 3.05) is 18.4 Å². The Morgan fingerprint density at radius 1 is 1.04 bits per heavy atom. The average molecular weight is 661 g/mol. The Labute approximate surface area is 279 Å². The van der Waals surface area contributed by atoms with E-state index in [2.05, 4.69) is 34.5 Å². The third-order valence-electron chi connectivity index (χ3n) is 8.50. The Kier molecular flexibility index (Phi) is 11.0. The van der Waals surface area contributed by atoms with Crippen molar-refractivity contribution < 1.29 is 14.3 Å².